The zero-order valence-corrected chi connectivity index (χ0v) is 23.8. The molecule has 2 aromatic rings. The molecule has 0 spiro atoms. The van der Waals surface area contributed by atoms with E-state index in [2.05, 4.69) is 43.6 Å². The molecule has 0 aliphatic carbocycles. The average molecular weight is 525 g/mol. The Balaban J connectivity index is 1.82. The normalized spacial score (nSPS) is 15.5. The third-order valence-corrected chi connectivity index (χ3v) is 6.02. The second-order valence-electron chi connectivity index (χ2n) is 11.4. The Bertz CT molecular complexity index is 1060. The summed E-state index contributed by atoms with van der Waals surface area (Å²) in [4.78, 5) is 28.4. The highest BCUT2D eigenvalue weighted by atomic mass is 16.6. The number of ether oxygens (including phenoxy) is 2. The number of carbonyl (C=O) groups is 2. The minimum absolute atomic E-state index is 0.106. The van der Waals surface area contributed by atoms with Crippen molar-refractivity contribution in [3.63, 3.8) is 0 Å². The maximum Gasteiger partial charge on any atom is 0.411 e. The summed E-state index contributed by atoms with van der Waals surface area (Å²) < 4.78 is 11.7. The lowest BCUT2D eigenvalue weighted by atomic mass is 9.92. The van der Waals surface area contributed by atoms with Crippen LogP contribution < -0.4 is 20.7 Å². The summed E-state index contributed by atoms with van der Waals surface area (Å²) in [5.74, 6) is 0.496. The van der Waals surface area contributed by atoms with Crippen LogP contribution in [0.25, 0.3) is 0 Å². The van der Waals surface area contributed by atoms with Gasteiger partial charge in [0.05, 0.1) is 6.17 Å². The van der Waals surface area contributed by atoms with Gasteiger partial charge in [0, 0.05) is 25.2 Å². The lowest BCUT2D eigenvalue weighted by molar-refractivity contribution is -0.127. The first kappa shape index (κ1) is 29.5. The number of hydrogen-bond acceptors (Lipinski definition) is 6. The molecule has 1 aliphatic rings. The maximum atomic E-state index is 13.7. The average Bonchev–Trinajstić information content (AvgIpc) is 2.84. The van der Waals surface area contributed by atoms with Gasteiger partial charge in [-0.05, 0) is 83.7 Å². The van der Waals surface area contributed by atoms with Crippen molar-refractivity contribution < 1.29 is 19.1 Å². The monoisotopic (exact) mass is 524 g/mol. The van der Waals surface area contributed by atoms with Gasteiger partial charge in [0.2, 0.25) is 5.91 Å². The van der Waals surface area contributed by atoms with Gasteiger partial charge in [-0.25, -0.2) is 4.79 Å². The fourth-order valence-corrected chi connectivity index (χ4v) is 4.50. The molecule has 0 bridgehead atoms. The molecule has 1 heterocycles. The number of fused-ring (bicyclic) bond motifs is 1. The quantitative estimate of drug-likeness (QED) is 0.396. The molecule has 2 amide bonds. The highest BCUT2D eigenvalue weighted by Crippen LogP contribution is 2.34. The summed E-state index contributed by atoms with van der Waals surface area (Å²) >= 11 is 0. The van der Waals surface area contributed by atoms with E-state index in [1.807, 2.05) is 69.3 Å². The fraction of sp³-hybridized carbons (Fsp3) is 0.533. The second-order valence-corrected chi connectivity index (χ2v) is 11.4. The highest BCUT2D eigenvalue weighted by molar-refractivity contribution is 5.88. The Labute approximate surface area is 227 Å². The number of carbonyl (C=O) groups excluding carboxylic acids is 2. The Morgan fingerprint density at radius 2 is 1.66 bits per heavy atom. The minimum atomic E-state index is -0.796. The van der Waals surface area contributed by atoms with Crippen LogP contribution in [-0.4, -0.2) is 53.8 Å². The highest BCUT2D eigenvalue weighted by Gasteiger charge is 2.38. The van der Waals surface area contributed by atoms with E-state index in [4.69, 9.17) is 9.47 Å². The Morgan fingerprint density at radius 1 is 1.00 bits per heavy atom. The van der Waals surface area contributed by atoms with Gasteiger partial charge in [0.1, 0.15) is 24.0 Å². The molecule has 2 aromatic carbocycles. The molecule has 1 unspecified atom stereocenters. The van der Waals surface area contributed by atoms with Gasteiger partial charge in [0.15, 0.2) is 0 Å². The molecule has 0 saturated heterocycles. The molecule has 0 radical (unpaired) electrons. The molecule has 3 N–H and O–H groups in total. The van der Waals surface area contributed by atoms with Gasteiger partial charge in [-0.2, -0.15) is 0 Å². The van der Waals surface area contributed by atoms with E-state index in [0.29, 0.717) is 26.1 Å². The van der Waals surface area contributed by atoms with Crippen molar-refractivity contribution >= 4 is 12.0 Å². The zero-order valence-electron chi connectivity index (χ0n) is 23.8. The third-order valence-electron chi connectivity index (χ3n) is 6.02. The van der Waals surface area contributed by atoms with Gasteiger partial charge in [-0.3, -0.25) is 20.3 Å². The molecule has 1 aliphatic heterocycles. The van der Waals surface area contributed by atoms with Crippen LogP contribution in [0.5, 0.6) is 5.75 Å². The number of nitrogens with one attached hydrogen (secondary N) is 3. The van der Waals surface area contributed by atoms with Gasteiger partial charge in [-0.1, -0.05) is 36.4 Å². The van der Waals surface area contributed by atoms with E-state index < -0.39 is 17.7 Å². The summed E-state index contributed by atoms with van der Waals surface area (Å²) in [7, 11) is 0. The van der Waals surface area contributed by atoms with Crippen LogP contribution in [0.4, 0.5) is 4.79 Å². The first-order chi connectivity index (χ1) is 17.9. The second kappa shape index (κ2) is 13.1. The summed E-state index contributed by atoms with van der Waals surface area (Å²) in [6, 6.07) is 15.4. The van der Waals surface area contributed by atoms with E-state index in [-0.39, 0.29) is 24.2 Å². The Kier molecular flexibility index (Phi) is 10.2. The third kappa shape index (κ3) is 8.74. The zero-order chi connectivity index (χ0) is 27.9. The van der Waals surface area contributed by atoms with Crippen molar-refractivity contribution in [1.82, 2.24) is 20.9 Å². The lowest BCUT2D eigenvalue weighted by Crippen LogP contribution is -2.56. The summed E-state index contributed by atoms with van der Waals surface area (Å²) in [5.41, 5.74) is 2.20. The van der Waals surface area contributed by atoms with Gasteiger partial charge < -0.3 is 14.8 Å². The molecular formula is C30H44N4O4. The van der Waals surface area contributed by atoms with Gasteiger partial charge in [0.25, 0.3) is 0 Å². The molecule has 8 heteroatoms. The summed E-state index contributed by atoms with van der Waals surface area (Å²) in [6.07, 6.45) is 0.00321. The summed E-state index contributed by atoms with van der Waals surface area (Å²) in [6.45, 7) is 15.0. The van der Waals surface area contributed by atoms with Gasteiger partial charge >= 0.3 is 6.09 Å². The SMILES string of the molecule is CC(C)NC(CNC(=O)C1c2ccc(OCc3ccccc3)cc2CCN1C(=O)OC(C)(C)C)NC(C)C. The Hall–Kier alpha value is -3.10. The number of benzene rings is 2. The smallest absolute Gasteiger partial charge is 0.411 e. The van der Waals surface area contributed by atoms with Crippen molar-refractivity contribution in [3.05, 3.63) is 65.2 Å². The lowest BCUT2D eigenvalue weighted by Gasteiger charge is -2.37. The molecule has 0 fully saturated rings. The van der Waals surface area contributed by atoms with Crippen LogP contribution in [0.3, 0.4) is 0 Å². The predicted octanol–water partition coefficient (Wildman–Crippen LogP) is 4.54. The van der Waals surface area contributed by atoms with Crippen LogP contribution >= 0.6 is 0 Å². The van der Waals surface area contributed by atoms with Crippen LogP contribution in [0, 0.1) is 0 Å². The molecule has 1 atom stereocenters. The molecular weight excluding hydrogens is 480 g/mol. The van der Waals surface area contributed by atoms with Crippen molar-refractivity contribution in [1.29, 1.82) is 0 Å². The van der Waals surface area contributed by atoms with Gasteiger partial charge in [-0.15, -0.1) is 0 Å². The van der Waals surface area contributed by atoms with E-state index in [9.17, 15) is 9.59 Å². The Morgan fingerprint density at radius 3 is 2.26 bits per heavy atom. The van der Waals surface area contributed by atoms with Crippen molar-refractivity contribution in [3.8, 4) is 5.75 Å². The molecule has 208 valence electrons. The molecule has 0 aromatic heterocycles. The number of nitrogens with zero attached hydrogens (tertiary/aromatic N) is 1. The van der Waals surface area contributed by atoms with Crippen LogP contribution in [0.2, 0.25) is 0 Å². The van der Waals surface area contributed by atoms with E-state index in [1.54, 1.807) is 0 Å². The summed E-state index contributed by atoms with van der Waals surface area (Å²) in [5, 5.41) is 9.95. The van der Waals surface area contributed by atoms with Crippen molar-refractivity contribution in [2.24, 2.45) is 0 Å². The topological polar surface area (TPSA) is 91.9 Å². The van der Waals surface area contributed by atoms with E-state index >= 15 is 0 Å². The van der Waals surface area contributed by atoms with E-state index in [1.165, 1.54) is 4.90 Å². The minimum Gasteiger partial charge on any atom is -0.489 e. The standard InChI is InChI=1S/C30H44N4O4/c1-20(2)32-26(33-21(3)4)18-31-28(35)27-25-14-13-24(37-19-22-11-9-8-10-12-22)17-23(25)15-16-34(27)29(36)38-30(5,6)7/h8-14,17,20-21,26-27,32-33H,15-16,18-19H2,1-7H3,(H,31,35). The van der Waals surface area contributed by atoms with Crippen LogP contribution in [-0.2, 0) is 22.6 Å². The molecule has 8 nitrogen and oxygen atoms in total. The largest absolute Gasteiger partial charge is 0.489 e. The molecule has 3 rings (SSSR count). The van der Waals surface area contributed by atoms with E-state index in [0.717, 1.165) is 22.4 Å². The first-order valence-electron chi connectivity index (χ1n) is 13.5. The number of hydrogen-bond donors (Lipinski definition) is 3. The van der Waals surface area contributed by atoms with Crippen molar-refractivity contribution in [2.45, 2.75) is 91.4 Å². The molecule has 38 heavy (non-hydrogen) atoms. The van der Waals surface area contributed by atoms with Crippen molar-refractivity contribution in [2.75, 3.05) is 13.1 Å². The number of rotatable bonds is 10. The fourth-order valence-electron chi connectivity index (χ4n) is 4.50. The van der Waals surface area contributed by atoms with Crippen LogP contribution in [0.15, 0.2) is 48.5 Å². The predicted molar refractivity (Wildman–Crippen MR) is 150 cm³/mol. The van der Waals surface area contributed by atoms with Crippen LogP contribution in [0.1, 0.15) is 71.2 Å². The maximum absolute atomic E-state index is 13.7. The molecule has 0 saturated carbocycles. The number of amides is 2. The first-order valence-corrected chi connectivity index (χ1v) is 13.5.